The molecule has 0 saturated heterocycles. The summed E-state index contributed by atoms with van der Waals surface area (Å²) in [5.41, 5.74) is 0. The Morgan fingerprint density at radius 1 is 0.395 bits per heavy atom. The van der Waals surface area contributed by atoms with E-state index in [4.69, 9.17) is 9.84 Å². The molecule has 0 aromatic carbocycles. The van der Waals surface area contributed by atoms with Gasteiger partial charge in [0.1, 0.15) is 0 Å². The molecule has 0 heterocycles. The maximum absolute atomic E-state index is 8.76. The molecule has 0 spiro atoms. The molecule has 38 heavy (non-hydrogen) atoms. The summed E-state index contributed by atoms with van der Waals surface area (Å²) in [6.07, 6.45) is 48.9. The summed E-state index contributed by atoms with van der Waals surface area (Å²) in [4.78, 5) is 0. The zero-order chi connectivity index (χ0) is 27.5. The summed E-state index contributed by atoms with van der Waals surface area (Å²) >= 11 is 0. The average Bonchev–Trinajstić information content (AvgIpc) is 2.93. The van der Waals surface area contributed by atoms with Crippen LogP contribution < -0.4 is 0 Å². The molecule has 0 fully saturated rings. The lowest BCUT2D eigenvalue weighted by atomic mass is 10.1. The number of allylic oxidation sites excluding steroid dienone is 8. The fourth-order valence-corrected chi connectivity index (χ4v) is 4.53. The third-order valence-corrected chi connectivity index (χ3v) is 7.03. The maximum atomic E-state index is 8.76. The molecule has 0 aromatic heterocycles. The first-order chi connectivity index (χ1) is 18.9. The van der Waals surface area contributed by atoms with E-state index < -0.39 is 0 Å². The van der Waals surface area contributed by atoms with E-state index in [2.05, 4.69) is 55.5 Å². The standard InChI is InChI=1S/C36H66O2/c1-2-3-4-5-6-7-8-9-10-14-17-20-23-26-29-32-35-38-36-33-30-27-24-21-18-15-12-11-13-16-19-22-25-28-31-34-37/h9-12,17-18,20-21,37H,2-8,13-16,19,22-36H2,1H3/b10-9-,12-11-,20-17-,21-18-. The van der Waals surface area contributed by atoms with Gasteiger partial charge in [-0.25, -0.2) is 0 Å². The molecule has 0 bridgehead atoms. The number of rotatable bonds is 31. The van der Waals surface area contributed by atoms with Gasteiger partial charge in [-0.3, -0.25) is 0 Å². The fraction of sp³-hybridized carbons (Fsp3) is 0.778. The molecule has 0 aliphatic heterocycles. The van der Waals surface area contributed by atoms with Gasteiger partial charge in [-0.05, 0) is 83.5 Å². The molecule has 0 radical (unpaired) electrons. The first-order valence-electron chi connectivity index (χ1n) is 16.7. The van der Waals surface area contributed by atoms with Gasteiger partial charge in [0, 0.05) is 19.8 Å². The first-order valence-corrected chi connectivity index (χ1v) is 16.7. The van der Waals surface area contributed by atoms with E-state index in [1.165, 1.54) is 135 Å². The summed E-state index contributed by atoms with van der Waals surface area (Å²) in [6.45, 7) is 4.49. The van der Waals surface area contributed by atoms with Gasteiger partial charge in [-0.2, -0.15) is 0 Å². The molecule has 222 valence electrons. The van der Waals surface area contributed by atoms with Crippen LogP contribution in [0.2, 0.25) is 0 Å². The van der Waals surface area contributed by atoms with Gasteiger partial charge in [-0.1, -0.05) is 126 Å². The van der Waals surface area contributed by atoms with Crippen molar-refractivity contribution in [2.45, 2.75) is 161 Å². The molecule has 1 N–H and O–H groups in total. The van der Waals surface area contributed by atoms with Crippen molar-refractivity contribution in [2.75, 3.05) is 19.8 Å². The lowest BCUT2D eigenvalue weighted by Crippen LogP contribution is -1.97. The highest BCUT2D eigenvalue weighted by atomic mass is 16.5. The second-order valence-corrected chi connectivity index (χ2v) is 10.9. The van der Waals surface area contributed by atoms with Gasteiger partial charge in [-0.15, -0.1) is 0 Å². The molecule has 0 aromatic rings. The van der Waals surface area contributed by atoms with Crippen LogP contribution >= 0.6 is 0 Å². The van der Waals surface area contributed by atoms with Crippen molar-refractivity contribution in [2.24, 2.45) is 0 Å². The summed E-state index contributed by atoms with van der Waals surface area (Å²) < 4.78 is 5.81. The van der Waals surface area contributed by atoms with Crippen molar-refractivity contribution >= 4 is 0 Å². The third kappa shape index (κ3) is 34.9. The van der Waals surface area contributed by atoms with E-state index in [1.807, 2.05) is 0 Å². The zero-order valence-corrected chi connectivity index (χ0v) is 25.6. The lowest BCUT2D eigenvalue weighted by molar-refractivity contribution is 0.126. The van der Waals surface area contributed by atoms with E-state index in [1.54, 1.807) is 0 Å². The van der Waals surface area contributed by atoms with Gasteiger partial charge in [0.05, 0.1) is 0 Å². The van der Waals surface area contributed by atoms with Crippen molar-refractivity contribution in [1.82, 2.24) is 0 Å². The topological polar surface area (TPSA) is 29.5 Å². The number of unbranched alkanes of at least 4 members (excludes halogenated alkanes) is 18. The van der Waals surface area contributed by atoms with E-state index in [-0.39, 0.29) is 0 Å². The van der Waals surface area contributed by atoms with E-state index in [9.17, 15) is 0 Å². The second-order valence-electron chi connectivity index (χ2n) is 10.9. The van der Waals surface area contributed by atoms with Crippen LogP contribution in [0.3, 0.4) is 0 Å². The molecule has 0 aliphatic carbocycles. The third-order valence-electron chi connectivity index (χ3n) is 7.03. The number of hydrogen-bond acceptors (Lipinski definition) is 2. The minimum atomic E-state index is 0.349. The molecular weight excluding hydrogens is 464 g/mol. The highest BCUT2D eigenvalue weighted by molar-refractivity contribution is 4.93. The molecule has 0 atom stereocenters. The smallest absolute Gasteiger partial charge is 0.0466 e. The minimum absolute atomic E-state index is 0.349. The van der Waals surface area contributed by atoms with Crippen molar-refractivity contribution in [3.8, 4) is 0 Å². The Kier molecular flexibility index (Phi) is 34.8. The fourth-order valence-electron chi connectivity index (χ4n) is 4.53. The van der Waals surface area contributed by atoms with Crippen LogP contribution in [0.5, 0.6) is 0 Å². The molecule has 2 heteroatoms. The second kappa shape index (κ2) is 35.9. The van der Waals surface area contributed by atoms with Crippen LogP contribution in [0.1, 0.15) is 161 Å². The predicted octanol–water partition coefficient (Wildman–Crippen LogP) is 11.6. The number of aliphatic hydroxyl groups is 1. The van der Waals surface area contributed by atoms with Gasteiger partial charge < -0.3 is 9.84 Å². The monoisotopic (exact) mass is 531 g/mol. The summed E-state index contributed by atoms with van der Waals surface area (Å²) in [7, 11) is 0. The number of hydrogen-bond donors (Lipinski definition) is 1. The molecule has 0 amide bonds. The highest BCUT2D eigenvalue weighted by Crippen LogP contribution is 2.09. The molecule has 2 nitrogen and oxygen atoms in total. The van der Waals surface area contributed by atoms with Crippen LogP contribution in [-0.4, -0.2) is 24.9 Å². The Balaban J connectivity index is 3.22. The van der Waals surface area contributed by atoms with Crippen LogP contribution in [-0.2, 0) is 4.74 Å². The van der Waals surface area contributed by atoms with E-state index in [0.29, 0.717) is 6.61 Å². The summed E-state index contributed by atoms with van der Waals surface area (Å²) in [6, 6.07) is 0. The highest BCUT2D eigenvalue weighted by Gasteiger charge is 1.92. The van der Waals surface area contributed by atoms with Crippen molar-refractivity contribution in [3.05, 3.63) is 48.6 Å². The van der Waals surface area contributed by atoms with Crippen molar-refractivity contribution in [3.63, 3.8) is 0 Å². The van der Waals surface area contributed by atoms with Gasteiger partial charge >= 0.3 is 0 Å². The first kappa shape index (κ1) is 36.9. The lowest BCUT2D eigenvalue weighted by Gasteiger charge is -2.03. The largest absolute Gasteiger partial charge is 0.396 e. The average molecular weight is 531 g/mol. The SMILES string of the molecule is CCCCCCCC/C=C\C/C=C\CCCCCOCCCCC/C=C\C/C=C\CCCCCCCCO. The van der Waals surface area contributed by atoms with Crippen LogP contribution in [0.15, 0.2) is 48.6 Å². The van der Waals surface area contributed by atoms with Gasteiger partial charge in [0.25, 0.3) is 0 Å². The zero-order valence-electron chi connectivity index (χ0n) is 25.6. The summed E-state index contributed by atoms with van der Waals surface area (Å²) in [5, 5.41) is 8.76. The number of aliphatic hydroxyl groups excluding tert-OH is 1. The maximum Gasteiger partial charge on any atom is 0.0466 e. The summed E-state index contributed by atoms with van der Waals surface area (Å²) in [5.74, 6) is 0. The number of ether oxygens (including phenoxy) is 1. The van der Waals surface area contributed by atoms with Crippen LogP contribution in [0, 0.1) is 0 Å². The van der Waals surface area contributed by atoms with E-state index >= 15 is 0 Å². The molecule has 0 saturated carbocycles. The Bertz CT molecular complexity index is 531. The van der Waals surface area contributed by atoms with Crippen molar-refractivity contribution in [1.29, 1.82) is 0 Å². The Morgan fingerprint density at radius 2 is 0.737 bits per heavy atom. The quantitative estimate of drug-likeness (QED) is 0.0713. The molecule has 0 rings (SSSR count). The molecular formula is C36H66O2. The van der Waals surface area contributed by atoms with E-state index in [0.717, 1.165) is 32.5 Å². The molecule has 0 aliphatic rings. The predicted molar refractivity (Wildman–Crippen MR) is 171 cm³/mol. The molecule has 0 unspecified atom stereocenters. The Labute approximate surface area is 239 Å². The van der Waals surface area contributed by atoms with Crippen molar-refractivity contribution < 1.29 is 9.84 Å². The van der Waals surface area contributed by atoms with Gasteiger partial charge in [0.2, 0.25) is 0 Å². The normalized spacial score (nSPS) is 12.4. The van der Waals surface area contributed by atoms with Crippen LogP contribution in [0.4, 0.5) is 0 Å². The minimum Gasteiger partial charge on any atom is -0.396 e. The van der Waals surface area contributed by atoms with Gasteiger partial charge in [0.15, 0.2) is 0 Å². The Morgan fingerprint density at radius 3 is 1.13 bits per heavy atom. The van der Waals surface area contributed by atoms with Crippen LogP contribution in [0.25, 0.3) is 0 Å². The Hall–Kier alpha value is -1.12.